The summed E-state index contributed by atoms with van der Waals surface area (Å²) in [6.45, 7) is -0.850. The van der Waals surface area contributed by atoms with Crippen LogP contribution in [0, 0.1) is 0 Å². The van der Waals surface area contributed by atoms with Gasteiger partial charge in [0.2, 0.25) is 5.79 Å². The van der Waals surface area contributed by atoms with Gasteiger partial charge in [0.15, 0.2) is 6.17 Å². The third-order valence-corrected chi connectivity index (χ3v) is 4.25. The number of amides is 1. The second-order valence-corrected chi connectivity index (χ2v) is 6.07. The second-order valence-electron chi connectivity index (χ2n) is 6.07. The van der Waals surface area contributed by atoms with E-state index in [0.29, 0.717) is 5.56 Å². The average molecular weight is 379 g/mol. The number of hydrogen-bond acceptors (Lipinski definition) is 7. The molecule has 3 rings (SSSR count). The van der Waals surface area contributed by atoms with Gasteiger partial charge in [0.05, 0.1) is 6.61 Å². The molecule has 1 aromatic heterocycles. The standard InChI is InChI=1S/C17H18FN3O6/c18-11-8-14(27-12(9-22)17(11,25)26)21-7-6-13(20-16(21)24)19-15(23)10-4-2-1-3-5-10/h1-7,11-12,14,22,25-26H,8-9H2,(H,19,20,23,24)/t11-,12-,14-/m1/s1. The van der Waals surface area contributed by atoms with Crippen molar-refractivity contribution in [3.63, 3.8) is 0 Å². The molecule has 1 aliphatic rings. The largest absolute Gasteiger partial charge is 0.393 e. The number of benzene rings is 1. The number of carbonyl (C=O) groups excluding carboxylic acids is 1. The first kappa shape index (κ1) is 19.1. The fraction of sp³-hybridized carbons (Fsp3) is 0.353. The molecular formula is C17H18FN3O6. The van der Waals surface area contributed by atoms with E-state index < -0.39 is 48.9 Å². The Balaban J connectivity index is 1.77. The number of anilines is 1. The van der Waals surface area contributed by atoms with E-state index in [2.05, 4.69) is 10.3 Å². The van der Waals surface area contributed by atoms with Gasteiger partial charge in [-0.1, -0.05) is 18.2 Å². The van der Waals surface area contributed by atoms with Crippen molar-refractivity contribution in [2.75, 3.05) is 11.9 Å². The zero-order valence-corrected chi connectivity index (χ0v) is 14.0. The van der Waals surface area contributed by atoms with E-state index in [1.807, 2.05) is 0 Å². The number of alkyl halides is 1. The molecule has 0 saturated carbocycles. The van der Waals surface area contributed by atoms with Crippen LogP contribution in [0.1, 0.15) is 23.0 Å². The molecule has 144 valence electrons. The van der Waals surface area contributed by atoms with Gasteiger partial charge < -0.3 is 25.4 Å². The topological polar surface area (TPSA) is 134 Å². The number of aliphatic hydroxyl groups excluding tert-OH is 1. The molecule has 1 fully saturated rings. The highest BCUT2D eigenvalue weighted by Gasteiger charge is 2.50. The zero-order valence-electron chi connectivity index (χ0n) is 14.0. The van der Waals surface area contributed by atoms with Crippen LogP contribution in [0.4, 0.5) is 10.2 Å². The van der Waals surface area contributed by atoms with Gasteiger partial charge in [-0.25, -0.2) is 9.18 Å². The van der Waals surface area contributed by atoms with Crippen LogP contribution in [0.5, 0.6) is 0 Å². The number of nitrogens with zero attached hydrogens (tertiary/aromatic N) is 2. The van der Waals surface area contributed by atoms with Gasteiger partial charge in [0.1, 0.15) is 18.1 Å². The highest BCUT2D eigenvalue weighted by Crippen LogP contribution is 2.34. The molecule has 2 heterocycles. The number of carbonyl (C=O) groups is 1. The summed E-state index contributed by atoms with van der Waals surface area (Å²) in [6.07, 6.45) is -4.25. The number of aromatic nitrogens is 2. The molecule has 10 heteroatoms. The van der Waals surface area contributed by atoms with Crippen LogP contribution in [0.15, 0.2) is 47.4 Å². The lowest BCUT2D eigenvalue weighted by Crippen LogP contribution is -2.58. The Morgan fingerprint density at radius 3 is 2.67 bits per heavy atom. The van der Waals surface area contributed by atoms with Gasteiger partial charge in [-0.3, -0.25) is 9.36 Å². The maximum atomic E-state index is 14.0. The lowest BCUT2D eigenvalue weighted by Gasteiger charge is -2.41. The average Bonchev–Trinajstić information content (AvgIpc) is 2.65. The molecule has 9 nitrogen and oxygen atoms in total. The van der Waals surface area contributed by atoms with Crippen molar-refractivity contribution in [2.24, 2.45) is 0 Å². The van der Waals surface area contributed by atoms with Crippen LogP contribution in [0.25, 0.3) is 0 Å². The molecule has 4 N–H and O–H groups in total. The maximum Gasteiger partial charge on any atom is 0.351 e. The predicted molar refractivity (Wildman–Crippen MR) is 90.6 cm³/mol. The van der Waals surface area contributed by atoms with Gasteiger partial charge in [0.25, 0.3) is 5.91 Å². The number of hydrogen-bond donors (Lipinski definition) is 4. The fourth-order valence-corrected chi connectivity index (χ4v) is 2.73. The smallest absolute Gasteiger partial charge is 0.351 e. The summed E-state index contributed by atoms with van der Waals surface area (Å²) >= 11 is 0. The molecule has 0 aliphatic carbocycles. The Labute approximate surface area is 152 Å². The van der Waals surface area contributed by atoms with E-state index in [0.717, 1.165) is 4.57 Å². The number of aliphatic hydroxyl groups is 3. The minimum atomic E-state index is -2.86. The van der Waals surface area contributed by atoms with Crippen LogP contribution in [-0.4, -0.2) is 55.4 Å². The van der Waals surface area contributed by atoms with Crippen molar-refractivity contribution in [3.8, 4) is 0 Å². The van der Waals surface area contributed by atoms with Gasteiger partial charge in [-0.05, 0) is 18.2 Å². The van der Waals surface area contributed by atoms with Crippen molar-refractivity contribution in [1.82, 2.24) is 9.55 Å². The van der Waals surface area contributed by atoms with Crippen LogP contribution in [0.3, 0.4) is 0 Å². The third-order valence-electron chi connectivity index (χ3n) is 4.25. The summed E-state index contributed by atoms with van der Waals surface area (Å²) in [5.74, 6) is -3.31. The fourth-order valence-electron chi connectivity index (χ4n) is 2.73. The second kappa shape index (κ2) is 7.53. The molecule has 0 unspecified atom stereocenters. The number of rotatable bonds is 4. The van der Waals surface area contributed by atoms with Gasteiger partial charge in [0, 0.05) is 18.2 Å². The summed E-state index contributed by atoms with van der Waals surface area (Å²) in [7, 11) is 0. The van der Waals surface area contributed by atoms with Crippen LogP contribution >= 0.6 is 0 Å². The van der Waals surface area contributed by atoms with Crippen LogP contribution in [0.2, 0.25) is 0 Å². The zero-order chi connectivity index (χ0) is 19.6. The monoisotopic (exact) mass is 379 g/mol. The maximum absolute atomic E-state index is 14.0. The molecular weight excluding hydrogens is 361 g/mol. The summed E-state index contributed by atoms with van der Waals surface area (Å²) in [4.78, 5) is 28.0. The normalized spacial score (nSPS) is 24.4. The van der Waals surface area contributed by atoms with Gasteiger partial charge in [-0.2, -0.15) is 4.98 Å². The van der Waals surface area contributed by atoms with E-state index in [9.17, 15) is 24.2 Å². The van der Waals surface area contributed by atoms with E-state index in [4.69, 9.17) is 9.84 Å². The SMILES string of the molecule is O=C(Nc1ccn([C@H]2C[C@@H](F)C(O)(O)[C@@H](CO)O2)c(=O)n1)c1ccccc1. The minimum Gasteiger partial charge on any atom is -0.393 e. The van der Waals surface area contributed by atoms with E-state index in [-0.39, 0.29) is 5.82 Å². The van der Waals surface area contributed by atoms with Crippen LogP contribution < -0.4 is 11.0 Å². The molecule has 1 aromatic carbocycles. The molecule has 1 aliphatic heterocycles. The van der Waals surface area contributed by atoms with E-state index in [1.54, 1.807) is 30.3 Å². The third kappa shape index (κ3) is 3.88. The van der Waals surface area contributed by atoms with Crippen molar-refractivity contribution in [3.05, 3.63) is 58.6 Å². The van der Waals surface area contributed by atoms with Crippen molar-refractivity contribution >= 4 is 11.7 Å². The first-order valence-corrected chi connectivity index (χ1v) is 8.13. The quantitative estimate of drug-likeness (QED) is 0.540. The molecule has 1 amide bonds. The summed E-state index contributed by atoms with van der Waals surface area (Å²) in [6, 6.07) is 9.65. The Kier molecular flexibility index (Phi) is 5.33. The molecule has 0 bridgehead atoms. The number of halogens is 1. The molecule has 27 heavy (non-hydrogen) atoms. The highest BCUT2D eigenvalue weighted by molar-refractivity contribution is 6.03. The predicted octanol–water partition coefficient (Wildman–Crippen LogP) is -0.206. The Bertz CT molecular complexity index is 872. The van der Waals surface area contributed by atoms with Crippen molar-refractivity contribution in [2.45, 2.75) is 30.7 Å². The van der Waals surface area contributed by atoms with Gasteiger partial charge >= 0.3 is 5.69 Å². The van der Waals surface area contributed by atoms with Gasteiger partial charge in [-0.15, -0.1) is 0 Å². The lowest BCUT2D eigenvalue weighted by atomic mass is 9.98. The Morgan fingerprint density at radius 1 is 1.33 bits per heavy atom. The summed E-state index contributed by atoms with van der Waals surface area (Å²) in [5.41, 5.74) is -0.453. The van der Waals surface area contributed by atoms with Crippen molar-refractivity contribution in [1.29, 1.82) is 0 Å². The first-order chi connectivity index (χ1) is 12.8. The summed E-state index contributed by atoms with van der Waals surface area (Å²) < 4.78 is 20.2. The Morgan fingerprint density at radius 2 is 2.04 bits per heavy atom. The number of nitrogens with one attached hydrogen (secondary N) is 1. The Hall–Kier alpha value is -2.66. The first-order valence-electron chi connectivity index (χ1n) is 8.13. The molecule has 0 radical (unpaired) electrons. The van der Waals surface area contributed by atoms with E-state index in [1.165, 1.54) is 12.3 Å². The number of ether oxygens (including phenoxy) is 1. The van der Waals surface area contributed by atoms with Crippen molar-refractivity contribution < 1.29 is 29.2 Å². The molecule has 3 atom stereocenters. The molecule has 1 saturated heterocycles. The van der Waals surface area contributed by atoms with E-state index >= 15 is 0 Å². The highest BCUT2D eigenvalue weighted by atomic mass is 19.1. The van der Waals surface area contributed by atoms with Crippen LogP contribution in [-0.2, 0) is 4.74 Å². The summed E-state index contributed by atoms with van der Waals surface area (Å²) in [5, 5.41) is 30.9. The lowest BCUT2D eigenvalue weighted by molar-refractivity contribution is -0.324. The molecule has 0 spiro atoms. The molecule has 2 aromatic rings. The minimum absolute atomic E-state index is 0.00455.